The lowest BCUT2D eigenvalue weighted by atomic mass is 10.0. The van der Waals surface area contributed by atoms with Gasteiger partial charge in [0.1, 0.15) is 5.75 Å². The highest BCUT2D eigenvalue weighted by atomic mass is 16.3. The summed E-state index contributed by atoms with van der Waals surface area (Å²) in [7, 11) is 0. The van der Waals surface area contributed by atoms with Crippen LogP contribution in [0.4, 0.5) is 5.69 Å². The van der Waals surface area contributed by atoms with Crippen molar-refractivity contribution in [2.45, 2.75) is 26.9 Å². The zero-order chi connectivity index (χ0) is 12.7. The molecule has 1 aliphatic rings. The van der Waals surface area contributed by atoms with Gasteiger partial charge in [0.05, 0.1) is 5.69 Å². The summed E-state index contributed by atoms with van der Waals surface area (Å²) < 4.78 is 0. The molecular weight excluding hydrogens is 222 g/mol. The quantitative estimate of drug-likeness (QED) is 0.823. The molecule has 2 nitrogen and oxygen atoms in total. The normalized spacial score (nSPS) is 13.8. The van der Waals surface area contributed by atoms with E-state index in [1.165, 1.54) is 22.3 Å². The number of hydrogen-bond donors (Lipinski definition) is 1. The van der Waals surface area contributed by atoms with E-state index in [0.717, 1.165) is 18.8 Å². The summed E-state index contributed by atoms with van der Waals surface area (Å²) in [5.41, 5.74) is 6.35. The van der Waals surface area contributed by atoms with Crippen LogP contribution in [0.2, 0.25) is 0 Å². The van der Waals surface area contributed by atoms with Crippen LogP contribution in [-0.2, 0) is 13.1 Å². The van der Waals surface area contributed by atoms with Crippen molar-refractivity contribution in [2.75, 3.05) is 4.90 Å². The van der Waals surface area contributed by atoms with E-state index in [-0.39, 0.29) is 0 Å². The lowest BCUT2D eigenvalue weighted by molar-refractivity contribution is 0.474. The highest BCUT2D eigenvalue weighted by molar-refractivity contribution is 5.60. The molecule has 0 aromatic heterocycles. The summed E-state index contributed by atoms with van der Waals surface area (Å²) in [5.74, 6) is 0.360. The van der Waals surface area contributed by atoms with Crippen LogP contribution in [0.1, 0.15) is 22.3 Å². The van der Waals surface area contributed by atoms with E-state index in [1.54, 1.807) is 6.07 Å². The molecule has 1 N–H and O–H groups in total. The molecule has 1 aliphatic heterocycles. The number of aromatic hydroxyl groups is 1. The van der Waals surface area contributed by atoms with Gasteiger partial charge in [-0.3, -0.25) is 0 Å². The molecule has 0 saturated carbocycles. The number of phenolic OH excluding ortho intramolecular Hbond substituents is 1. The van der Waals surface area contributed by atoms with Crippen molar-refractivity contribution < 1.29 is 5.11 Å². The molecule has 0 bridgehead atoms. The Kier molecular flexibility index (Phi) is 2.51. The standard InChI is InChI=1S/C16H17NO/c1-11-7-13-9-17(10-14(13)8-12(11)2)15-5-3-4-6-16(15)18/h3-8,18H,9-10H2,1-2H3. The van der Waals surface area contributed by atoms with Crippen molar-refractivity contribution in [2.24, 2.45) is 0 Å². The van der Waals surface area contributed by atoms with E-state index >= 15 is 0 Å². The van der Waals surface area contributed by atoms with Crippen LogP contribution in [0.5, 0.6) is 5.75 Å². The maximum absolute atomic E-state index is 9.92. The van der Waals surface area contributed by atoms with Gasteiger partial charge in [0.2, 0.25) is 0 Å². The van der Waals surface area contributed by atoms with E-state index in [4.69, 9.17) is 0 Å². The first kappa shape index (κ1) is 11.1. The third kappa shape index (κ3) is 1.74. The number of anilines is 1. The van der Waals surface area contributed by atoms with Gasteiger partial charge in [0.25, 0.3) is 0 Å². The minimum atomic E-state index is 0.360. The second-order valence-electron chi connectivity index (χ2n) is 5.05. The first-order valence-corrected chi connectivity index (χ1v) is 6.27. The highest BCUT2D eigenvalue weighted by Crippen LogP contribution is 2.34. The molecule has 0 amide bonds. The minimum Gasteiger partial charge on any atom is -0.506 e. The summed E-state index contributed by atoms with van der Waals surface area (Å²) in [6.45, 7) is 6.07. The zero-order valence-electron chi connectivity index (χ0n) is 10.8. The number of fused-ring (bicyclic) bond motifs is 1. The molecular formula is C16H17NO. The Balaban J connectivity index is 1.96. The number of aryl methyl sites for hydroxylation is 2. The summed E-state index contributed by atoms with van der Waals surface area (Å²) >= 11 is 0. The van der Waals surface area contributed by atoms with Crippen LogP contribution in [-0.4, -0.2) is 5.11 Å². The van der Waals surface area contributed by atoms with Gasteiger partial charge in [-0.25, -0.2) is 0 Å². The van der Waals surface area contributed by atoms with E-state index in [9.17, 15) is 5.11 Å². The molecule has 2 aromatic carbocycles. The molecule has 0 aliphatic carbocycles. The fourth-order valence-electron chi connectivity index (χ4n) is 2.60. The molecule has 0 saturated heterocycles. The third-order valence-electron chi connectivity index (χ3n) is 3.76. The molecule has 18 heavy (non-hydrogen) atoms. The number of para-hydroxylation sites is 2. The molecule has 92 valence electrons. The predicted molar refractivity (Wildman–Crippen MR) is 73.9 cm³/mol. The molecule has 3 rings (SSSR count). The predicted octanol–water partition coefficient (Wildman–Crippen LogP) is 3.53. The van der Waals surface area contributed by atoms with Crippen LogP contribution < -0.4 is 4.90 Å². The molecule has 0 unspecified atom stereocenters. The van der Waals surface area contributed by atoms with E-state index in [0.29, 0.717) is 5.75 Å². The molecule has 0 radical (unpaired) electrons. The van der Waals surface area contributed by atoms with Gasteiger partial charge in [-0.15, -0.1) is 0 Å². The van der Waals surface area contributed by atoms with Gasteiger partial charge in [-0.05, 0) is 48.2 Å². The maximum atomic E-state index is 9.92. The SMILES string of the molecule is Cc1cc2c(cc1C)CN(c1ccccc1O)C2. The van der Waals surface area contributed by atoms with E-state index < -0.39 is 0 Å². The topological polar surface area (TPSA) is 23.5 Å². The molecule has 2 aromatic rings. The molecule has 0 atom stereocenters. The number of phenols is 1. The fraction of sp³-hybridized carbons (Fsp3) is 0.250. The molecule has 0 spiro atoms. The molecule has 2 heteroatoms. The highest BCUT2D eigenvalue weighted by Gasteiger charge is 2.21. The van der Waals surface area contributed by atoms with Gasteiger partial charge in [0.15, 0.2) is 0 Å². The van der Waals surface area contributed by atoms with Crippen molar-refractivity contribution in [3.63, 3.8) is 0 Å². The van der Waals surface area contributed by atoms with E-state index in [2.05, 4.69) is 30.9 Å². The second kappa shape index (κ2) is 4.05. The van der Waals surface area contributed by atoms with Crippen LogP contribution >= 0.6 is 0 Å². The Hall–Kier alpha value is -1.96. The number of nitrogens with zero attached hydrogens (tertiary/aromatic N) is 1. The molecule has 0 fully saturated rings. The second-order valence-corrected chi connectivity index (χ2v) is 5.05. The smallest absolute Gasteiger partial charge is 0.138 e. The van der Waals surface area contributed by atoms with E-state index in [1.807, 2.05) is 18.2 Å². The molecule has 1 heterocycles. The Bertz CT molecular complexity index is 573. The van der Waals surface area contributed by atoms with Crippen LogP contribution in [0.25, 0.3) is 0 Å². The Morgan fingerprint density at radius 2 is 1.50 bits per heavy atom. The number of hydrogen-bond acceptors (Lipinski definition) is 2. The average Bonchev–Trinajstić information content (AvgIpc) is 2.73. The van der Waals surface area contributed by atoms with Gasteiger partial charge in [-0.1, -0.05) is 24.3 Å². The Morgan fingerprint density at radius 1 is 0.944 bits per heavy atom. The van der Waals surface area contributed by atoms with Crippen molar-refractivity contribution in [1.29, 1.82) is 0 Å². The summed E-state index contributed by atoms with van der Waals surface area (Å²) in [5, 5.41) is 9.92. The Morgan fingerprint density at radius 3 is 2.06 bits per heavy atom. The monoisotopic (exact) mass is 239 g/mol. The summed E-state index contributed by atoms with van der Waals surface area (Å²) in [6.07, 6.45) is 0. The first-order valence-electron chi connectivity index (χ1n) is 6.27. The fourth-order valence-corrected chi connectivity index (χ4v) is 2.60. The van der Waals surface area contributed by atoms with Gasteiger partial charge >= 0.3 is 0 Å². The number of benzene rings is 2. The summed E-state index contributed by atoms with van der Waals surface area (Å²) in [4.78, 5) is 2.22. The van der Waals surface area contributed by atoms with Crippen molar-refractivity contribution >= 4 is 5.69 Å². The van der Waals surface area contributed by atoms with Crippen LogP contribution in [0.15, 0.2) is 36.4 Å². The largest absolute Gasteiger partial charge is 0.506 e. The maximum Gasteiger partial charge on any atom is 0.138 e. The average molecular weight is 239 g/mol. The lowest BCUT2D eigenvalue weighted by Gasteiger charge is -2.18. The minimum absolute atomic E-state index is 0.360. The van der Waals surface area contributed by atoms with Crippen molar-refractivity contribution in [1.82, 2.24) is 0 Å². The number of rotatable bonds is 1. The van der Waals surface area contributed by atoms with Gasteiger partial charge in [0, 0.05) is 13.1 Å². The van der Waals surface area contributed by atoms with Gasteiger partial charge < -0.3 is 10.0 Å². The lowest BCUT2D eigenvalue weighted by Crippen LogP contribution is -2.14. The first-order chi connectivity index (χ1) is 8.65. The zero-order valence-corrected chi connectivity index (χ0v) is 10.8. The Labute approximate surface area is 107 Å². The van der Waals surface area contributed by atoms with Crippen molar-refractivity contribution in [3.05, 3.63) is 58.7 Å². The third-order valence-corrected chi connectivity index (χ3v) is 3.76. The van der Waals surface area contributed by atoms with Crippen molar-refractivity contribution in [3.8, 4) is 5.75 Å². The van der Waals surface area contributed by atoms with Gasteiger partial charge in [-0.2, -0.15) is 0 Å². The summed E-state index contributed by atoms with van der Waals surface area (Å²) in [6, 6.07) is 12.1. The van der Waals surface area contributed by atoms with Crippen LogP contribution in [0.3, 0.4) is 0 Å². The van der Waals surface area contributed by atoms with Crippen LogP contribution in [0, 0.1) is 13.8 Å².